The second-order valence-corrected chi connectivity index (χ2v) is 6.15. The third kappa shape index (κ3) is 6.50. The van der Waals surface area contributed by atoms with Crippen molar-refractivity contribution in [2.75, 3.05) is 26.0 Å². The molecule has 0 bridgehead atoms. The van der Waals surface area contributed by atoms with Gasteiger partial charge in [0.15, 0.2) is 0 Å². The summed E-state index contributed by atoms with van der Waals surface area (Å²) < 4.78 is 5.13. The quantitative estimate of drug-likeness (QED) is 0.521. The predicted octanol–water partition coefficient (Wildman–Crippen LogP) is 2.49. The number of amides is 2. The number of hydrogen-bond acceptors (Lipinski definition) is 4. The van der Waals surface area contributed by atoms with Crippen molar-refractivity contribution in [1.29, 1.82) is 0 Å². The van der Waals surface area contributed by atoms with Crippen LogP contribution >= 0.6 is 11.8 Å². The minimum absolute atomic E-state index is 0.147. The molecule has 1 N–H and O–H groups in total. The summed E-state index contributed by atoms with van der Waals surface area (Å²) in [4.78, 5) is 26.7. The van der Waals surface area contributed by atoms with Gasteiger partial charge in [-0.25, -0.2) is 0 Å². The Morgan fingerprint density at radius 3 is 2.29 bits per heavy atom. The first kappa shape index (κ1) is 19.8. The first-order chi connectivity index (χ1) is 11.5. The van der Waals surface area contributed by atoms with Gasteiger partial charge in [-0.1, -0.05) is 12.2 Å². The molecule has 0 heterocycles. The fourth-order valence-corrected chi connectivity index (χ4v) is 2.97. The molecule has 0 radical (unpaired) electrons. The van der Waals surface area contributed by atoms with Crippen molar-refractivity contribution in [3.05, 3.63) is 49.6 Å². The topological polar surface area (TPSA) is 58.6 Å². The molecule has 6 heteroatoms. The molecule has 0 spiro atoms. The Balaban J connectivity index is 2.78. The Morgan fingerprint density at radius 2 is 1.83 bits per heavy atom. The maximum Gasteiger partial charge on any atom is 0.246 e. The zero-order chi connectivity index (χ0) is 17.9. The molecule has 130 valence electrons. The molecule has 0 saturated carbocycles. The summed E-state index contributed by atoms with van der Waals surface area (Å²) in [5, 5.41) is 2.73. The molecule has 0 aliphatic carbocycles. The van der Waals surface area contributed by atoms with E-state index in [1.165, 1.54) is 18.7 Å². The molecule has 1 rings (SSSR count). The summed E-state index contributed by atoms with van der Waals surface area (Å²) in [5.74, 6) is 0.832. The van der Waals surface area contributed by atoms with Crippen molar-refractivity contribution in [3.63, 3.8) is 0 Å². The van der Waals surface area contributed by atoms with E-state index in [1.54, 1.807) is 24.2 Å². The number of rotatable bonds is 10. The van der Waals surface area contributed by atoms with Crippen molar-refractivity contribution in [2.24, 2.45) is 0 Å². The van der Waals surface area contributed by atoms with Crippen molar-refractivity contribution in [2.45, 2.75) is 17.9 Å². The van der Waals surface area contributed by atoms with Gasteiger partial charge in [-0.05, 0) is 24.3 Å². The summed E-state index contributed by atoms with van der Waals surface area (Å²) in [7, 11) is 1.61. The van der Waals surface area contributed by atoms with Gasteiger partial charge < -0.3 is 15.0 Å². The van der Waals surface area contributed by atoms with E-state index in [4.69, 9.17) is 4.74 Å². The van der Waals surface area contributed by atoms with Crippen molar-refractivity contribution in [3.8, 4) is 5.75 Å². The largest absolute Gasteiger partial charge is 0.497 e. The lowest BCUT2D eigenvalue weighted by atomic mass is 10.2. The number of thioether (sulfide) groups is 1. The van der Waals surface area contributed by atoms with Crippen LogP contribution in [-0.4, -0.2) is 48.7 Å². The molecule has 0 aliphatic heterocycles. The van der Waals surface area contributed by atoms with Gasteiger partial charge in [-0.3, -0.25) is 9.59 Å². The lowest BCUT2D eigenvalue weighted by Crippen LogP contribution is -2.49. The highest BCUT2D eigenvalue weighted by Gasteiger charge is 2.24. The average Bonchev–Trinajstić information content (AvgIpc) is 2.58. The van der Waals surface area contributed by atoms with Gasteiger partial charge in [0.2, 0.25) is 11.8 Å². The van der Waals surface area contributed by atoms with E-state index >= 15 is 0 Å². The number of carbonyl (C=O) groups is 2. The number of hydrogen-bond donors (Lipinski definition) is 1. The molecule has 1 unspecified atom stereocenters. The van der Waals surface area contributed by atoms with Crippen LogP contribution in [0.5, 0.6) is 5.75 Å². The van der Waals surface area contributed by atoms with Gasteiger partial charge in [0.1, 0.15) is 11.8 Å². The molecule has 5 nitrogen and oxygen atoms in total. The van der Waals surface area contributed by atoms with Crippen LogP contribution in [0.3, 0.4) is 0 Å². The van der Waals surface area contributed by atoms with Gasteiger partial charge in [-0.15, -0.1) is 24.9 Å². The molecular formula is C18H24N2O3S. The monoisotopic (exact) mass is 348 g/mol. The molecule has 2 amide bonds. The van der Waals surface area contributed by atoms with Crippen LogP contribution in [0, 0.1) is 0 Å². The molecule has 1 aromatic rings. The summed E-state index contributed by atoms with van der Waals surface area (Å²) in [5.41, 5.74) is 0. The van der Waals surface area contributed by atoms with E-state index in [0.717, 1.165) is 10.6 Å². The Morgan fingerprint density at radius 1 is 1.25 bits per heavy atom. The zero-order valence-corrected chi connectivity index (χ0v) is 15.0. The van der Waals surface area contributed by atoms with E-state index in [2.05, 4.69) is 18.5 Å². The molecule has 1 atom stereocenters. The first-order valence-electron chi connectivity index (χ1n) is 7.56. The fourth-order valence-electron chi connectivity index (χ4n) is 2.06. The maximum atomic E-state index is 12.7. The van der Waals surface area contributed by atoms with Crippen molar-refractivity contribution >= 4 is 23.6 Å². The van der Waals surface area contributed by atoms with Crippen LogP contribution in [0.1, 0.15) is 6.92 Å². The number of nitrogens with zero attached hydrogens (tertiary/aromatic N) is 1. The van der Waals surface area contributed by atoms with Gasteiger partial charge in [0.25, 0.3) is 0 Å². The Bertz CT molecular complexity index is 562. The third-order valence-electron chi connectivity index (χ3n) is 3.16. The summed E-state index contributed by atoms with van der Waals surface area (Å²) in [6.45, 7) is 9.55. The highest BCUT2D eigenvalue weighted by atomic mass is 32.2. The van der Waals surface area contributed by atoms with Crippen LogP contribution < -0.4 is 10.1 Å². The summed E-state index contributed by atoms with van der Waals surface area (Å²) in [6.07, 6.45) is 3.31. The number of nitrogens with one attached hydrogen (secondary N) is 1. The Kier molecular flexibility index (Phi) is 8.71. The maximum absolute atomic E-state index is 12.7. The van der Waals surface area contributed by atoms with E-state index in [-0.39, 0.29) is 11.8 Å². The standard InChI is InChI=1S/C18H24N2O3S/c1-5-11-20(12-6-2)18(22)17(19-14(3)21)13-24-16-9-7-15(23-4)8-10-16/h5-10,17H,1-2,11-13H2,3-4H3,(H,19,21). The van der Waals surface area contributed by atoms with Crippen LogP contribution in [-0.2, 0) is 9.59 Å². The highest BCUT2D eigenvalue weighted by Crippen LogP contribution is 2.22. The smallest absolute Gasteiger partial charge is 0.246 e. The average molecular weight is 348 g/mol. The third-order valence-corrected chi connectivity index (χ3v) is 4.27. The van der Waals surface area contributed by atoms with Crippen LogP contribution in [0.15, 0.2) is 54.5 Å². The molecular weight excluding hydrogens is 324 g/mol. The van der Waals surface area contributed by atoms with E-state index in [1.807, 2.05) is 24.3 Å². The lowest BCUT2D eigenvalue weighted by Gasteiger charge is -2.25. The fraction of sp³-hybridized carbons (Fsp3) is 0.333. The second-order valence-electron chi connectivity index (χ2n) is 5.06. The second kappa shape index (κ2) is 10.5. The molecule has 0 aromatic heterocycles. The molecule has 1 aromatic carbocycles. The number of carbonyl (C=O) groups excluding carboxylic acids is 2. The molecule has 0 aliphatic rings. The number of methoxy groups -OCH3 is 1. The van der Waals surface area contributed by atoms with Gasteiger partial charge >= 0.3 is 0 Å². The number of benzene rings is 1. The summed E-state index contributed by atoms with van der Waals surface area (Å²) in [6, 6.07) is 6.96. The Labute approximate surface area is 147 Å². The van der Waals surface area contributed by atoms with E-state index < -0.39 is 6.04 Å². The number of ether oxygens (including phenoxy) is 1. The minimum atomic E-state index is -0.602. The summed E-state index contributed by atoms with van der Waals surface area (Å²) >= 11 is 1.50. The molecule has 0 fully saturated rings. The van der Waals surface area contributed by atoms with Crippen LogP contribution in [0.2, 0.25) is 0 Å². The van der Waals surface area contributed by atoms with Gasteiger partial charge in [0.05, 0.1) is 7.11 Å². The minimum Gasteiger partial charge on any atom is -0.497 e. The van der Waals surface area contributed by atoms with Crippen LogP contribution in [0.4, 0.5) is 0 Å². The molecule has 0 saturated heterocycles. The van der Waals surface area contributed by atoms with E-state index in [9.17, 15) is 9.59 Å². The van der Waals surface area contributed by atoms with E-state index in [0.29, 0.717) is 18.8 Å². The first-order valence-corrected chi connectivity index (χ1v) is 8.55. The normalized spacial score (nSPS) is 11.2. The highest BCUT2D eigenvalue weighted by molar-refractivity contribution is 7.99. The Hall–Kier alpha value is -2.21. The zero-order valence-electron chi connectivity index (χ0n) is 14.2. The predicted molar refractivity (Wildman–Crippen MR) is 98.3 cm³/mol. The van der Waals surface area contributed by atoms with Crippen molar-refractivity contribution < 1.29 is 14.3 Å². The van der Waals surface area contributed by atoms with Gasteiger partial charge in [-0.2, -0.15) is 0 Å². The SMILES string of the molecule is C=CCN(CC=C)C(=O)C(CSc1ccc(OC)cc1)NC(C)=O. The lowest BCUT2D eigenvalue weighted by molar-refractivity contribution is -0.134. The van der Waals surface area contributed by atoms with Crippen LogP contribution in [0.25, 0.3) is 0 Å². The van der Waals surface area contributed by atoms with Crippen molar-refractivity contribution in [1.82, 2.24) is 10.2 Å². The molecule has 24 heavy (non-hydrogen) atoms. The van der Waals surface area contributed by atoms with Gasteiger partial charge in [0, 0.05) is 30.7 Å².